The zero-order chi connectivity index (χ0) is 40.6. The fourth-order valence-corrected chi connectivity index (χ4v) is 9.72. The van der Waals surface area contributed by atoms with Crippen LogP contribution in [0, 0.1) is 22.7 Å². The topological polar surface area (TPSA) is 62.4 Å². The maximum atomic E-state index is 10.7. The van der Waals surface area contributed by atoms with E-state index in [0.717, 1.165) is 77.8 Å². The highest BCUT2D eigenvalue weighted by Crippen LogP contribution is 2.44. The molecule has 3 heterocycles. The van der Waals surface area contributed by atoms with Crippen molar-refractivity contribution >= 4 is 65.4 Å². The number of hydrogen-bond acceptors (Lipinski definition) is 2. The molecular weight excluding hydrogens is 743 g/mol. The van der Waals surface area contributed by atoms with Crippen molar-refractivity contribution in [1.29, 1.82) is 10.5 Å². The quantitative estimate of drug-likeness (QED) is 0.175. The third kappa shape index (κ3) is 5.12. The second-order valence-electron chi connectivity index (χ2n) is 15.5. The second-order valence-corrected chi connectivity index (χ2v) is 15.5. The summed E-state index contributed by atoms with van der Waals surface area (Å²) in [5.41, 5.74) is 14.3. The zero-order valence-electron chi connectivity index (χ0n) is 32.8. The molecular formula is C56H33N5. The molecule has 0 aliphatic rings. The van der Waals surface area contributed by atoms with E-state index < -0.39 is 0 Å². The molecule has 5 heteroatoms. The van der Waals surface area contributed by atoms with E-state index in [-0.39, 0.29) is 0 Å². The van der Waals surface area contributed by atoms with Gasteiger partial charge < -0.3 is 13.7 Å². The first-order valence-electron chi connectivity index (χ1n) is 20.4. The lowest BCUT2D eigenvalue weighted by molar-refractivity contribution is 1.13. The Morgan fingerprint density at radius 2 is 0.820 bits per heavy atom. The second kappa shape index (κ2) is 13.5. The van der Waals surface area contributed by atoms with Gasteiger partial charge in [-0.15, -0.1) is 0 Å². The molecule has 5 nitrogen and oxygen atoms in total. The number of para-hydroxylation sites is 5. The Hall–Kier alpha value is -8.64. The van der Waals surface area contributed by atoms with Gasteiger partial charge in [0.25, 0.3) is 0 Å². The molecule has 3 aromatic heterocycles. The van der Waals surface area contributed by atoms with Crippen molar-refractivity contribution in [1.82, 2.24) is 13.7 Å². The van der Waals surface area contributed by atoms with Gasteiger partial charge in [0.1, 0.15) is 0 Å². The van der Waals surface area contributed by atoms with Gasteiger partial charge in [0.05, 0.1) is 56.4 Å². The summed E-state index contributed by atoms with van der Waals surface area (Å²) < 4.78 is 7.14. The SMILES string of the molecule is N#Cc1ccccc1-c1ccc(C#N)c(-c2cc(-n3c4ccccc4c4ccccc43)cc(-n3c4ccccc4c4c3ccc3c5ccccc5n(-c5ccccc5)c34)c2)c1. The van der Waals surface area contributed by atoms with E-state index in [1.165, 1.54) is 26.9 Å². The summed E-state index contributed by atoms with van der Waals surface area (Å²) in [6.45, 7) is 0. The molecule has 0 saturated carbocycles. The third-order valence-electron chi connectivity index (χ3n) is 12.3. The highest BCUT2D eigenvalue weighted by Gasteiger charge is 2.23. The maximum absolute atomic E-state index is 10.7. The zero-order valence-corrected chi connectivity index (χ0v) is 32.8. The number of fused-ring (bicyclic) bond motifs is 10. The smallest absolute Gasteiger partial charge is 0.0998 e. The van der Waals surface area contributed by atoms with Gasteiger partial charge in [0, 0.05) is 54.9 Å². The molecule has 0 saturated heterocycles. The summed E-state index contributed by atoms with van der Waals surface area (Å²) >= 11 is 0. The summed E-state index contributed by atoms with van der Waals surface area (Å²) in [7, 11) is 0. The van der Waals surface area contributed by atoms with E-state index in [1.54, 1.807) is 0 Å². The van der Waals surface area contributed by atoms with Crippen molar-refractivity contribution in [3.8, 4) is 51.5 Å². The fraction of sp³-hybridized carbons (Fsp3) is 0. The van der Waals surface area contributed by atoms with Gasteiger partial charge in [-0.1, -0.05) is 121 Å². The lowest BCUT2D eigenvalue weighted by Gasteiger charge is -2.17. The summed E-state index contributed by atoms with van der Waals surface area (Å²) in [5.74, 6) is 0. The summed E-state index contributed by atoms with van der Waals surface area (Å²) in [6, 6.07) is 74.8. The predicted molar refractivity (Wildman–Crippen MR) is 250 cm³/mol. The van der Waals surface area contributed by atoms with Gasteiger partial charge in [-0.25, -0.2) is 0 Å². The molecule has 0 atom stereocenters. The number of nitriles is 2. The van der Waals surface area contributed by atoms with Crippen molar-refractivity contribution in [3.63, 3.8) is 0 Å². The molecule has 0 spiro atoms. The van der Waals surface area contributed by atoms with Crippen LogP contribution >= 0.6 is 0 Å². The Morgan fingerprint density at radius 1 is 0.311 bits per heavy atom. The number of aromatic nitrogens is 3. The number of hydrogen-bond donors (Lipinski definition) is 0. The van der Waals surface area contributed by atoms with Crippen molar-refractivity contribution < 1.29 is 0 Å². The number of benzene rings is 9. The first-order chi connectivity index (χ1) is 30.2. The molecule has 12 rings (SSSR count). The molecule has 12 aromatic rings. The monoisotopic (exact) mass is 775 g/mol. The molecule has 282 valence electrons. The van der Waals surface area contributed by atoms with Crippen molar-refractivity contribution in [3.05, 3.63) is 211 Å². The molecule has 0 radical (unpaired) electrons. The molecule has 0 aliphatic heterocycles. The third-order valence-corrected chi connectivity index (χ3v) is 12.3. The fourth-order valence-electron chi connectivity index (χ4n) is 9.72. The van der Waals surface area contributed by atoms with Gasteiger partial charge in [0.15, 0.2) is 0 Å². The Bertz CT molecular complexity index is 3790. The van der Waals surface area contributed by atoms with Crippen LogP contribution in [-0.2, 0) is 0 Å². The molecule has 0 N–H and O–H groups in total. The number of rotatable bonds is 5. The van der Waals surface area contributed by atoms with Crippen LogP contribution in [0.15, 0.2) is 200 Å². The van der Waals surface area contributed by atoms with E-state index in [1.807, 2.05) is 36.4 Å². The van der Waals surface area contributed by atoms with Crippen LogP contribution in [0.5, 0.6) is 0 Å². The van der Waals surface area contributed by atoms with Crippen molar-refractivity contribution in [2.45, 2.75) is 0 Å². The lowest BCUT2D eigenvalue weighted by Crippen LogP contribution is -2.01. The van der Waals surface area contributed by atoms with Crippen LogP contribution in [0.25, 0.3) is 105 Å². The Labute approximate surface area is 351 Å². The maximum Gasteiger partial charge on any atom is 0.0998 e. The Kier molecular flexibility index (Phi) is 7.59. The molecule has 9 aromatic carbocycles. The van der Waals surface area contributed by atoms with Crippen molar-refractivity contribution in [2.24, 2.45) is 0 Å². The Balaban J connectivity index is 1.22. The first kappa shape index (κ1) is 34.4. The minimum Gasteiger partial charge on any atom is -0.309 e. The number of nitrogens with zero attached hydrogens (tertiary/aromatic N) is 5. The van der Waals surface area contributed by atoms with E-state index in [9.17, 15) is 10.5 Å². The van der Waals surface area contributed by atoms with Crippen LogP contribution in [0.3, 0.4) is 0 Å². The summed E-state index contributed by atoms with van der Waals surface area (Å²) in [4.78, 5) is 0. The highest BCUT2D eigenvalue weighted by molar-refractivity contribution is 6.26. The van der Waals surface area contributed by atoms with Crippen LogP contribution in [0.4, 0.5) is 0 Å². The predicted octanol–water partition coefficient (Wildman–Crippen LogP) is 14.1. The van der Waals surface area contributed by atoms with Crippen molar-refractivity contribution in [2.75, 3.05) is 0 Å². The lowest BCUT2D eigenvalue weighted by atomic mass is 9.92. The summed E-state index contributed by atoms with van der Waals surface area (Å²) in [5, 5.41) is 27.8. The average molecular weight is 776 g/mol. The average Bonchev–Trinajstić information content (AvgIpc) is 3.97. The van der Waals surface area contributed by atoms with Gasteiger partial charge in [-0.3, -0.25) is 0 Å². The normalized spacial score (nSPS) is 11.6. The molecule has 61 heavy (non-hydrogen) atoms. The molecule has 0 aliphatic carbocycles. The molecule has 0 bridgehead atoms. The van der Waals surface area contributed by atoms with Gasteiger partial charge >= 0.3 is 0 Å². The minimum absolute atomic E-state index is 0.555. The van der Waals surface area contributed by atoms with E-state index >= 15 is 0 Å². The van der Waals surface area contributed by atoms with E-state index in [2.05, 4.69) is 190 Å². The van der Waals surface area contributed by atoms with Crippen LogP contribution in [-0.4, -0.2) is 13.7 Å². The largest absolute Gasteiger partial charge is 0.309 e. The van der Waals surface area contributed by atoms with Gasteiger partial charge in [0.2, 0.25) is 0 Å². The van der Waals surface area contributed by atoms with Crippen LogP contribution in [0.2, 0.25) is 0 Å². The summed E-state index contributed by atoms with van der Waals surface area (Å²) in [6.07, 6.45) is 0. The molecule has 0 unspecified atom stereocenters. The highest BCUT2D eigenvalue weighted by atomic mass is 15.0. The standard InChI is InChI=1S/C56H33N5/c57-34-37-14-4-5-17-43(37)36-26-27-38(35-58)49(32-36)39-30-41(59-50-22-10-6-18-44(50)45-19-7-11-23-51(45)59)33-42(31-39)60-53-25-13-9-21-48(53)55-54(60)29-28-47-46-20-8-12-24-52(46)61(56(47)55)40-15-2-1-3-16-40/h1-33H. The molecule has 0 fully saturated rings. The van der Waals surface area contributed by atoms with E-state index in [4.69, 9.17) is 0 Å². The van der Waals surface area contributed by atoms with Crippen LogP contribution < -0.4 is 0 Å². The van der Waals surface area contributed by atoms with E-state index in [0.29, 0.717) is 11.1 Å². The first-order valence-corrected chi connectivity index (χ1v) is 20.4. The van der Waals surface area contributed by atoms with Crippen LogP contribution in [0.1, 0.15) is 11.1 Å². The molecule has 0 amide bonds. The van der Waals surface area contributed by atoms with Gasteiger partial charge in [-0.2, -0.15) is 10.5 Å². The van der Waals surface area contributed by atoms with Gasteiger partial charge in [-0.05, 0) is 95.6 Å². The Morgan fingerprint density at radius 3 is 1.48 bits per heavy atom. The minimum atomic E-state index is 0.555.